The second-order valence-corrected chi connectivity index (χ2v) is 5.14. The van der Waals surface area contributed by atoms with Gasteiger partial charge in [-0.25, -0.2) is 14.4 Å². The Hall–Kier alpha value is -1.97. The van der Waals surface area contributed by atoms with Gasteiger partial charge >= 0.3 is 0 Å². The van der Waals surface area contributed by atoms with Crippen molar-refractivity contribution in [3.8, 4) is 0 Å². The smallest absolute Gasteiger partial charge is 0.227 e. The predicted molar refractivity (Wildman–Crippen MR) is 70.4 cm³/mol. The van der Waals surface area contributed by atoms with E-state index in [1.54, 1.807) is 30.6 Å². The van der Waals surface area contributed by atoms with Crippen LogP contribution in [0.5, 0.6) is 0 Å². The van der Waals surface area contributed by atoms with Crippen LogP contribution in [-0.4, -0.2) is 9.97 Å². The predicted octanol–water partition coefficient (Wildman–Crippen LogP) is 3.66. The first-order chi connectivity index (χ1) is 8.47. The third-order valence-corrected chi connectivity index (χ3v) is 2.60. The van der Waals surface area contributed by atoms with E-state index in [9.17, 15) is 4.39 Å². The third kappa shape index (κ3) is 2.83. The summed E-state index contributed by atoms with van der Waals surface area (Å²) in [6.07, 6.45) is 3.31. The van der Waals surface area contributed by atoms with Crippen LogP contribution in [0.3, 0.4) is 0 Å². The minimum absolute atomic E-state index is 0.193. The van der Waals surface area contributed by atoms with Crippen molar-refractivity contribution in [2.75, 3.05) is 5.32 Å². The third-order valence-electron chi connectivity index (χ3n) is 2.60. The van der Waals surface area contributed by atoms with Crippen molar-refractivity contribution < 1.29 is 4.39 Å². The topological polar surface area (TPSA) is 37.8 Å². The summed E-state index contributed by atoms with van der Waals surface area (Å²) in [6, 6.07) is 6.69. The maximum atomic E-state index is 13.7. The molecule has 0 amide bonds. The maximum Gasteiger partial charge on any atom is 0.227 e. The number of rotatable bonds is 2. The van der Waals surface area contributed by atoms with Crippen LogP contribution in [0.4, 0.5) is 16.0 Å². The fourth-order valence-corrected chi connectivity index (χ4v) is 1.67. The lowest BCUT2D eigenvalue weighted by Gasteiger charge is -2.20. The molecule has 0 aliphatic carbocycles. The number of hydrogen-bond acceptors (Lipinski definition) is 3. The van der Waals surface area contributed by atoms with Gasteiger partial charge in [0.2, 0.25) is 5.95 Å². The van der Waals surface area contributed by atoms with Crippen LogP contribution in [-0.2, 0) is 5.41 Å². The van der Waals surface area contributed by atoms with E-state index in [0.717, 1.165) is 5.69 Å². The Balaban J connectivity index is 2.31. The van der Waals surface area contributed by atoms with Crippen LogP contribution < -0.4 is 5.32 Å². The summed E-state index contributed by atoms with van der Waals surface area (Å²) in [5.74, 6) is 0.311. The highest BCUT2D eigenvalue weighted by Crippen LogP contribution is 2.28. The van der Waals surface area contributed by atoms with E-state index in [4.69, 9.17) is 0 Å². The van der Waals surface area contributed by atoms with Gasteiger partial charge < -0.3 is 5.32 Å². The molecule has 2 aromatic rings. The average molecular weight is 245 g/mol. The lowest BCUT2D eigenvalue weighted by atomic mass is 9.86. The Labute approximate surface area is 106 Å². The van der Waals surface area contributed by atoms with Crippen molar-refractivity contribution in [1.82, 2.24) is 9.97 Å². The molecule has 1 N–H and O–H groups in total. The molecule has 0 unspecified atom stereocenters. The van der Waals surface area contributed by atoms with Crippen LogP contribution in [0.15, 0.2) is 36.7 Å². The lowest BCUT2D eigenvalue weighted by Crippen LogP contribution is -2.14. The van der Waals surface area contributed by atoms with Crippen molar-refractivity contribution in [1.29, 1.82) is 0 Å². The van der Waals surface area contributed by atoms with Gasteiger partial charge in [-0.3, -0.25) is 0 Å². The fraction of sp³-hybridized carbons (Fsp3) is 0.286. The van der Waals surface area contributed by atoms with E-state index >= 15 is 0 Å². The van der Waals surface area contributed by atoms with Gasteiger partial charge in [0.15, 0.2) is 0 Å². The second-order valence-electron chi connectivity index (χ2n) is 5.14. The van der Waals surface area contributed by atoms with E-state index < -0.39 is 0 Å². The van der Waals surface area contributed by atoms with Crippen LogP contribution in [0.2, 0.25) is 0 Å². The van der Waals surface area contributed by atoms with E-state index in [1.165, 1.54) is 6.07 Å². The Bertz CT molecular complexity index is 532. The average Bonchev–Trinajstić information content (AvgIpc) is 2.31. The maximum absolute atomic E-state index is 13.7. The molecule has 0 saturated carbocycles. The van der Waals surface area contributed by atoms with Gasteiger partial charge in [-0.15, -0.1) is 0 Å². The molecule has 0 aliphatic rings. The van der Waals surface area contributed by atoms with Gasteiger partial charge in [-0.05, 0) is 35.2 Å². The minimum Gasteiger partial charge on any atom is -0.324 e. The van der Waals surface area contributed by atoms with Gasteiger partial charge in [0.1, 0.15) is 5.82 Å². The summed E-state index contributed by atoms with van der Waals surface area (Å²) in [4.78, 5) is 8.14. The monoisotopic (exact) mass is 245 g/mol. The molecule has 3 nitrogen and oxygen atoms in total. The molecule has 0 bridgehead atoms. The molecular formula is C14H16FN3. The zero-order chi connectivity index (χ0) is 13.2. The summed E-state index contributed by atoms with van der Waals surface area (Å²) in [5.41, 5.74) is 1.22. The van der Waals surface area contributed by atoms with Crippen LogP contribution >= 0.6 is 0 Å². The van der Waals surface area contributed by atoms with Crippen molar-refractivity contribution in [2.45, 2.75) is 26.2 Å². The van der Waals surface area contributed by atoms with Crippen LogP contribution in [0.1, 0.15) is 26.3 Å². The van der Waals surface area contributed by atoms with E-state index in [2.05, 4.69) is 15.3 Å². The summed E-state index contributed by atoms with van der Waals surface area (Å²) in [6.45, 7) is 5.94. The molecule has 18 heavy (non-hydrogen) atoms. The molecule has 4 heteroatoms. The van der Waals surface area contributed by atoms with Gasteiger partial charge in [0, 0.05) is 18.1 Å². The standard InChI is InChI=1S/C14H16FN3/c1-14(2,3)11-9-10(5-6-12(11)15)18-13-16-7-4-8-17-13/h4-9H,1-3H3,(H,16,17,18). The summed E-state index contributed by atoms with van der Waals surface area (Å²) < 4.78 is 13.7. The SMILES string of the molecule is CC(C)(C)c1cc(Nc2ncccn2)ccc1F. The van der Waals surface area contributed by atoms with Gasteiger partial charge in [-0.2, -0.15) is 0 Å². The minimum atomic E-state index is -0.237. The Morgan fingerprint density at radius 1 is 1.11 bits per heavy atom. The first-order valence-electron chi connectivity index (χ1n) is 5.81. The Morgan fingerprint density at radius 3 is 2.39 bits per heavy atom. The highest BCUT2D eigenvalue weighted by atomic mass is 19.1. The van der Waals surface area contributed by atoms with Gasteiger partial charge in [0.05, 0.1) is 0 Å². The number of benzene rings is 1. The molecule has 94 valence electrons. The first kappa shape index (κ1) is 12.5. The number of nitrogens with zero attached hydrogens (tertiary/aromatic N) is 2. The number of aromatic nitrogens is 2. The Morgan fingerprint density at radius 2 is 1.78 bits per heavy atom. The number of hydrogen-bond donors (Lipinski definition) is 1. The molecule has 0 spiro atoms. The van der Waals surface area contributed by atoms with Crippen LogP contribution in [0.25, 0.3) is 0 Å². The number of anilines is 2. The molecule has 2 rings (SSSR count). The molecule has 1 heterocycles. The Kier molecular flexibility index (Phi) is 3.28. The molecule has 0 fully saturated rings. The zero-order valence-electron chi connectivity index (χ0n) is 10.7. The normalized spacial score (nSPS) is 11.3. The van der Waals surface area contributed by atoms with Crippen molar-refractivity contribution in [3.05, 3.63) is 48.0 Å². The van der Waals surface area contributed by atoms with Crippen molar-refractivity contribution >= 4 is 11.6 Å². The molecule has 0 atom stereocenters. The molecule has 0 saturated heterocycles. The van der Waals surface area contributed by atoms with Crippen LogP contribution in [0, 0.1) is 5.82 Å². The molecule has 0 aliphatic heterocycles. The highest BCUT2D eigenvalue weighted by molar-refractivity contribution is 5.55. The van der Waals surface area contributed by atoms with E-state index in [-0.39, 0.29) is 11.2 Å². The molecular weight excluding hydrogens is 229 g/mol. The lowest BCUT2D eigenvalue weighted by molar-refractivity contribution is 0.523. The van der Waals surface area contributed by atoms with Crippen molar-refractivity contribution in [2.24, 2.45) is 0 Å². The summed E-state index contributed by atoms with van der Waals surface area (Å²) in [5, 5.41) is 3.05. The molecule has 1 aromatic heterocycles. The molecule has 1 aromatic carbocycles. The number of halogens is 1. The first-order valence-corrected chi connectivity index (χ1v) is 5.81. The largest absolute Gasteiger partial charge is 0.324 e. The fourth-order valence-electron chi connectivity index (χ4n) is 1.67. The highest BCUT2D eigenvalue weighted by Gasteiger charge is 2.18. The van der Waals surface area contributed by atoms with E-state index in [1.807, 2.05) is 20.8 Å². The quantitative estimate of drug-likeness (QED) is 0.877. The summed E-state index contributed by atoms with van der Waals surface area (Å²) in [7, 11) is 0. The van der Waals surface area contributed by atoms with E-state index in [0.29, 0.717) is 11.5 Å². The van der Waals surface area contributed by atoms with Gasteiger partial charge in [-0.1, -0.05) is 20.8 Å². The number of nitrogens with one attached hydrogen (secondary N) is 1. The second kappa shape index (κ2) is 4.72. The molecule has 0 radical (unpaired) electrons. The zero-order valence-corrected chi connectivity index (χ0v) is 10.7. The van der Waals surface area contributed by atoms with Gasteiger partial charge in [0.25, 0.3) is 0 Å². The van der Waals surface area contributed by atoms with Crippen molar-refractivity contribution in [3.63, 3.8) is 0 Å². The summed E-state index contributed by atoms with van der Waals surface area (Å²) >= 11 is 0.